The molecule has 0 N–H and O–H groups in total. The summed E-state index contributed by atoms with van der Waals surface area (Å²) in [4.78, 5) is 5.04. The van der Waals surface area contributed by atoms with E-state index in [2.05, 4.69) is 63.6 Å². The van der Waals surface area contributed by atoms with Crippen molar-refractivity contribution in [2.75, 3.05) is 0 Å². The molecule has 2 bridgehead atoms. The van der Waals surface area contributed by atoms with Crippen molar-refractivity contribution in [3.63, 3.8) is 0 Å². The molecule has 2 heteroatoms. The molecular formula is C21H24N2. The zero-order chi connectivity index (χ0) is 16.1. The zero-order valence-electron chi connectivity index (χ0n) is 14.7. The molecule has 5 rings (SSSR count). The Balaban J connectivity index is 1.80. The summed E-state index contributed by atoms with van der Waals surface area (Å²) in [7, 11) is 0. The molecule has 2 nitrogen and oxygen atoms in total. The highest BCUT2D eigenvalue weighted by Gasteiger charge is 2.48. The fraction of sp³-hybridized carbons (Fsp3) is 0.476. The largest absolute Gasteiger partial charge is 0.302 e. The smallest absolute Gasteiger partial charge is 0.144 e. The van der Waals surface area contributed by atoms with Crippen LogP contribution in [0.2, 0.25) is 0 Å². The van der Waals surface area contributed by atoms with Gasteiger partial charge in [-0.3, -0.25) is 0 Å². The predicted molar refractivity (Wildman–Crippen MR) is 94.3 cm³/mol. The maximum atomic E-state index is 5.04. The molecule has 2 heterocycles. The summed E-state index contributed by atoms with van der Waals surface area (Å²) in [5, 5.41) is 0. The van der Waals surface area contributed by atoms with Gasteiger partial charge in [-0.05, 0) is 42.4 Å². The molecule has 0 radical (unpaired) electrons. The predicted octanol–water partition coefficient (Wildman–Crippen LogP) is 4.83. The third-order valence-electron chi connectivity index (χ3n) is 6.94. The lowest BCUT2D eigenvalue weighted by Gasteiger charge is -2.47. The molecule has 3 aliphatic rings. The minimum atomic E-state index is 0.220. The normalized spacial score (nSPS) is 29.5. The SMILES string of the molecule is CC1=C(n2cc3nc2-c2cccc4c2C(C)(C4)C(C)C3)C1(C)C. The first-order valence-corrected chi connectivity index (χ1v) is 8.77. The Morgan fingerprint density at radius 2 is 1.96 bits per heavy atom. The fourth-order valence-corrected chi connectivity index (χ4v) is 4.95. The van der Waals surface area contributed by atoms with E-state index in [0.29, 0.717) is 11.3 Å². The second kappa shape index (κ2) is 3.80. The van der Waals surface area contributed by atoms with Crippen LogP contribution in [0.3, 0.4) is 0 Å². The average molecular weight is 304 g/mol. The minimum Gasteiger partial charge on any atom is -0.302 e. The van der Waals surface area contributed by atoms with Gasteiger partial charge in [0.15, 0.2) is 0 Å². The molecule has 0 fully saturated rings. The van der Waals surface area contributed by atoms with Crippen LogP contribution in [0.15, 0.2) is 30.0 Å². The quantitative estimate of drug-likeness (QED) is 0.738. The van der Waals surface area contributed by atoms with Gasteiger partial charge in [-0.25, -0.2) is 4.98 Å². The van der Waals surface area contributed by atoms with Gasteiger partial charge in [-0.15, -0.1) is 0 Å². The summed E-state index contributed by atoms with van der Waals surface area (Å²) < 4.78 is 2.39. The molecule has 2 aromatic rings. The molecular weight excluding hydrogens is 280 g/mol. The second-order valence-corrected chi connectivity index (χ2v) is 8.56. The van der Waals surface area contributed by atoms with E-state index < -0.39 is 0 Å². The number of rotatable bonds is 1. The fourth-order valence-electron chi connectivity index (χ4n) is 4.95. The van der Waals surface area contributed by atoms with Crippen molar-refractivity contribution in [3.05, 3.63) is 46.8 Å². The van der Waals surface area contributed by atoms with Crippen LogP contribution in [0.5, 0.6) is 0 Å². The molecule has 23 heavy (non-hydrogen) atoms. The third kappa shape index (κ3) is 1.48. The standard InChI is InChI=1S/C21H24N2/c1-12-9-15-11-23(18-13(2)20(18,3)4)19(22-15)16-8-6-7-14-10-21(12,5)17(14)16/h6-8,11-12H,9-10H2,1-5H3. The van der Waals surface area contributed by atoms with Gasteiger partial charge in [0.2, 0.25) is 0 Å². The van der Waals surface area contributed by atoms with Crippen LogP contribution in [-0.4, -0.2) is 9.55 Å². The van der Waals surface area contributed by atoms with Crippen LogP contribution < -0.4 is 0 Å². The molecule has 2 aliphatic carbocycles. The minimum absolute atomic E-state index is 0.220. The monoisotopic (exact) mass is 304 g/mol. The van der Waals surface area contributed by atoms with Crippen molar-refractivity contribution in [2.45, 2.75) is 52.9 Å². The van der Waals surface area contributed by atoms with Gasteiger partial charge in [0.05, 0.1) is 5.69 Å². The molecule has 0 spiro atoms. The van der Waals surface area contributed by atoms with Gasteiger partial charge in [0.25, 0.3) is 0 Å². The first-order valence-electron chi connectivity index (χ1n) is 8.77. The number of nitrogens with zero attached hydrogens (tertiary/aromatic N) is 2. The summed E-state index contributed by atoms with van der Waals surface area (Å²) in [6, 6.07) is 6.79. The summed E-state index contributed by atoms with van der Waals surface area (Å²) in [6.07, 6.45) is 4.59. The maximum absolute atomic E-state index is 5.04. The van der Waals surface area contributed by atoms with Gasteiger partial charge in [0, 0.05) is 28.3 Å². The zero-order valence-corrected chi connectivity index (χ0v) is 14.7. The Kier molecular flexibility index (Phi) is 2.25. The molecule has 0 saturated carbocycles. The third-order valence-corrected chi connectivity index (χ3v) is 6.94. The summed E-state index contributed by atoms with van der Waals surface area (Å²) in [6.45, 7) is 11.7. The molecule has 1 aliphatic heterocycles. The van der Waals surface area contributed by atoms with Gasteiger partial charge in [-0.1, -0.05) is 45.9 Å². The van der Waals surface area contributed by atoms with E-state index >= 15 is 0 Å². The van der Waals surface area contributed by atoms with Crippen molar-refractivity contribution in [1.29, 1.82) is 0 Å². The van der Waals surface area contributed by atoms with E-state index in [9.17, 15) is 0 Å². The summed E-state index contributed by atoms with van der Waals surface area (Å²) in [5.41, 5.74) is 9.16. The maximum Gasteiger partial charge on any atom is 0.144 e. The lowest BCUT2D eigenvalue weighted by Crippen LogP contribution is -2.43. The van der Waals surface area contributed by atoms with Gasteiger partial charge >= 0.3 is 0 Å². The number of allylic oxidation sites excluding steroid dienone is 2. The molecule has 1 aromatic carbocycles. The Morgan fingerprint density at radius 1 is 1.22 bits per heavy atom. The Bertz CT molecular complexity index is 897. The van der Waals surface area contributed by atoms with Crippen molar-refractivity contribution < 1.29 is 0 Å². The number of fused-ring (bicyclic) bond motifs is 3. The highest BCUT2D eigenvalue weighted by molar-refractivity contribution is 5.82. The molecule has 1 aromatic heterocycles. The summed E-state index contributed by atoms with van der Waals surface area (Å²) in [5.74, 6) is 1.80. The second-order valence-electron chi connectivity index (χ2n) is 8.56. The first kappa shape index (κ1) is 13.6. The molecule has 2 unspecified atom stereocenters. The van der Waals surface area contributed by atoms with E-state index in [-0.39, 0.29) is 5.41 Å². The van der Waals surface area contributed by atoms with E-state index in [0.717, 1.165) is 12.2 Å². The molecule has 0 amide bonds. The Morgan fingerprint density at radius 3 is 2.65 bits per heavy atom. The topological polar surface area (TPSA) is 17.8 Å². The number of hydrogen-bond donors (Lipinski definition) is 0. The van der Waals surface area contributed by atoms with Crippen molar-refractivity contribution in [3.8, 4) is 11.4 Å². The molecule has 2 atom stereocenters. The van der Waals surface area contributed by atoms with Gasteiger partial charge < -0.3 is 4.57 Å². The van der Waals surface area contributed by atoms with Crippen molar-refractivity contribution in [2.24, 2.45) is 11.3 Å². The average Bonchev–Trinajstić information content (AvgIpc) is 2.82. The van der Waals surface area contributed by atoms with Crippen LogP contribution >= 0.6 is 0 Å². The van der Waals surface area contributed by atoms with Gasteiger partial charge in [-0.2, -0.15) is 0 Å². The Hall–Kier alpha value is -1.83. The lowest BCUT2D eigenvalue weighted by atomic mass is 9.56. The number of benzene rings is 1. The van der Waals surface area contributed by atoms with Crippen LogP contribution in [-0.2, 0) is 18.3 Å². The van der Waals surface area contributed by atoms with Crippen LogP contribution in [0, 0.1) is 11.3 Å². The van der Waals surface area contributed by atoms with E-state index in [1.807, 2.05) is 0 Å². The first-order chi connectivity index (χ1) is 10.8. The number of hydrogen-bond acceptors (Lipinski definition) is 1. The van der Waals surface area contributed by atoms with Crippen molar-refractivity contribution >= 4 is 5.70 Å². The number of imidazole rings is 1. The van der Waals surface area contributed by atoms with E-state index in [1.165, 1.54) is 34.5 Å². The van der Waals surface area contributed by atoms with E-state index in [4.69, 9.17) is 4.98 Å². The Labute approximate surface area is 138 Å². The van der Waals surface area contributed by atoms with E-state index in [1.54, 1.807) is 5.56 Å². The lowest BCUT2D eigenvalue weighted by molar-refractivity contribution is 0.270. The van der Waals surface area contributed by atoms with Crippen LogP contribution in [0.1, 0.15) is 51.4 Å². The van der Waals surface area contributed by atoms with Crippen LogP contribution in [0.4, 0.5) is 0 Å². The van der Waals surface area contributed by atoms with Crippen LogP contribution in [0.25, 0.3) is 17.1 Å². The van der Waals surface area contributed by atoms with Crippen molar-refractivity contribution in [1.82, 2.24) is 9.55 Å². The highest BCUT2D eigenvalue weighted by atomic mass is 15.1. The highest BCUT2D eigenvalue weighted by Crippen LogP contribution is 2.58. The summed E-state index contributed by atoms with van der Waals surface area (Å²) >= 11 is 0. The number of aromatic nitrogens is 2. The molecule has 118 valence electrons. The molecule has 0 saturated heterocycles. The van der Waals surface area contributed by atoms with Gasteiger partial charge in [0.1, 0.15) is 5.82 Å².